The normalized spacial score (nSPS) is 19.4. The van der Waals surface area contributed by atoms with Gasteiger partial charge in [0, 0.05) is 14.8 Å². The maximum atomic E-state index is 12.5. The van der Waals surface area contributed by atoms with E-state index >= 15 is 0 Å². The van der Waals surface area contributed by atoms with Gasteiger partial charge in [-0.05, 0) is 49.2 Å². The molecule has 0 bridgehead atoms. The summed E-state index contributed by atoms with van der Waals surface area (Å²) in [5, 5.41) is 3.70. The SMILES string of the molecule is NC(=O)[C@H]1CCC[NH+](CC(=O)Nc2ccccc2Sc2ccc(Cl)cc2)C1. The topological polar surface area (TPSA) is 76.6 Å². The Kier molecular flexibility index (Phi) is 6.77. The monoisotopic (exact) mass is 404 g/mol. The summed E-state index contributed by atoms with van der Waals surface area (Å²) in [5.41, 5.74) is 6.21. The van der Waals surface area contributed by atoms with Gasteiger partial charge in [-0.15, -0.1) is 0 Å². The molecule has 0 aromatic heterocycles. The first-order chi connectivity index (χ1) is 13.0. The molecule has 2 aromatic carbocycles. The number of quaternary nitrogens is 1. The van der Waals surface area contributed by atoms with E-state index < -0.39 is 0 Å². The van der Waals surface area contributed by atoms with E-state index in [0.717, 1.165) is 39.8 Å². The first-order valence-corrected chi connectivity index (χ1v) is 10.2. The summed E-state index contributed by atoms with van der Waals surface area (Å²) >= 11 is 7.51. The predicted molar refractivity (Wildman–Crippen MR) is 108 cm³/mol. The Balaban J connectivity index is 1.62. The molecule has 1 saturated heterocycles. The van der Waals surface area contributed by atoms with Crippen LogP contribution in [-0.2, 0) is 9.59 Å². The summed E-state index contributed by atoms with van der Waals surface area (Å²) in [5.74, 6) is -0.453. The molecule has 5 nitrogen and oxygen atoms in total. The van der Waals surface area contributed by atoms with E-state index in [0.29, 0.717) is 18.1 Å². The first kappa shape index (κ1) is 19.7. The molecule has 0 aliphatic carbocycles. The summed E-state index contributed by atoms with van der Waals surface area (Å²) < 4.78 is 0. The molecule has 27 heavy (non-hydrogen) atoms. The van der Waals surface area contributed by atoms with E-state index in [1.54, 1.807) is 11.8 Å². The molecule has 142 valence electrons. The average Bonchev–Trinajstić information content (AvgIpc) is 2.65. The molecule has 1 aliphatic rings. The molecule has 2 amide bonds. The minimum absolute atomic E-state index is 0.0562. The molecular weight excluding hydrogens is 382 g/mol. The highest BCUT2D eigenvalue weighted by molar-refractivity contribution is 7.99. The van der Waals surface area contributed by atoms with Gasteiger partial charge in [0.25, 0.3) is 5.91 Å². The molecule has 1 fully saturated rings. The van der Waals surface area contributed by atoms with Crippen LogP contribution in [0.2, 0.25) is 5.02 Å². The standard InChI is InChI=1S/C20H22ClN3O2S/c21-15-7-9-16(10-8-15)27-18-6-2-1-5-17(18)23-19(25)13-24-11-3-4-14(12-24)20(22)26/h1-2,5-10,14H,3-4,11-13H2,(H2,22,26)(H,23,25)/p+1/t14-/m0/s1. The molecule has 7 heteroatoms. The van der Waals surface area contributed by atoms with Gasteiger partial charge in [0.05, 0.1) is 24.7 Å². The fraction of sp³-hybridized carbons (Fsp3) is 0.300. The number of hydrogen-bond acceptors (Lipinski definition) is 3. The quantitative estimate of drug-likeness (QED) is 0.690. The summed E-state index contributed by atoms with van der Waals surface area (Å²) in [6, 6.07) is 15.3. The van der Waals surface area contributed by atoms with Gasteiger partial charge >= 0.3 is 0 Å². The zero-order valence-corrected chi connectivity index (χ0v) is 16.5. The third-order valence-electron chi connectivity index (χ3n) is 4.63. The third-order valence-corrected chi connectivity index (χ3v) is 5.97. The minimum atomic E-state index is -0.266. The summed E-state index contributed by atoms with van der Waals surface area (Å²) in [6.07, 6.45) is 1.74. The summed E-state index contributed by atoms with van der Waals surface area (Å²) in [6.45, 7) is 1.85. The number of para-hydroxylation sites is 1. The van der Waals surface area contributed by atoms with Crippen molar-refractivity contribution < 1.29 is 14.5 Å². The molecule has 0 spiro atoms. The molecule has 2 atom stereocenters. The number of carbonyl (C=O) groups is 2. The van der Waals surface area contributed by atoms with Gasteiger partial charge < -0.3 is 16.0 Å². The molecule has 0 radical (unpaired) electrons. The maximum absolute atomic E-state index is 12.5. The van der Waals surface area contributed by atoms with Gasteiger partial charge in [-0.3, -0.25) is 9.59 Å². The molecular formula is C20H23ClN3O2S+. The fourth-order valence-electron chi connectivity index (χ4n) is 3.26. The number of hydrogen-bond donors (Lipinski definition) is 3. The van der Waals surface area contributed by atoms with Crippen LogP contribution >= 0.6 is 23.4 Å². The van der Waals surface area contributed by atoms with Gasteiger partial charge in [0.1, 0.15) is 0 Å². The van der Waals surface area contributed by atoms with Crippen LogP contribution in [0.3, 0.4) is 0 Å². The maximum Gasteiger partial charge on any atom is 0.279 e. The number of carbonyl (C=O) groups excluding carboxylic acids is 2. The van der Waals surface area contributed by atoms with Crippen molar-refractivity contribution in [3.8, 4) is 0 Å². The van der Waals surface area contributed by atoms with Crippen molar-refractivity contribution >= 4 is 40.9 Å². The number of rotatable bonds is 6. The van der Waals surface area contributed by atoms with Crippen LogP contribution in [0, 0.1) is 5.92 Å². The van der Waals surface area contributed by atoms with Crippen molar-refractivity contribution in [3.63, 3.8) is 0 Å². The molecule has 3 rings (SSSR count). The highest BCUT2D eigenvalue weighted by Crippen LogP contribution is 2.33. The van der Waals surface area contributed by atoms with Crippen molar-refractivity contribution in [1.29, 1.82) is 0 Å². The smallest absolute Gasteiger partial charge is 0.279 e. The van der Waals surface area contributed by atoms with Gasteiger partial charge in [-0.2, -0.15) is 0 Å². The van der Waals surface area contributed by atoms with Crippen molar-refractivity contribution in [3.05, 3.63) is 53.6 Å². The van der Waals surface area contributed by atoms with E-state index in [1.807, 2.05) is 48.5 Å². The highest BCUT2D eigenvalue weighted by atomic mass is 35.5. The Labute approximate surface area is 168 Å². The summed E-state index contributed by atoms with van der Waals surface area (Å²) in [4.78, 5) is 27.1. The van der Waals surface area contributed by atoms with Gasteiger partial charge in [0.15, 0.2) is 6.54 Å². The Bertz CT molecular complexity index is 813. The molecule has 1 heterocycles. The number of amides is 2. The summed E-state index contributed by atoms with van der Waals surface area (Å²) in [7, 11) is 0. The van der Waals surface area contributed by atoms with Gasteiger partial charge in [0.2, 0.25) is 5.91 Å². The van der Waals surface area contributed by atoms with Crippen molar-refractivity contribution in [2.24, 2.45) is 11.7 Å². The number of nitrogens with one attached hydrogen (secondary N) is 2. The lowest BCUT2D eigenvalue weighted by molar-refractivity contribution is -0.899. The van der Waals surface area contributed by atoms with Crippen LogP contribution in [0.4, 0.5) is 5.69 Å². The van der Waals surface area contributed by atoms with E-state index in [1.165, 1.54) is 0 Å². The fourth-order valence-corrected chi connectivity index (χ4v) is 4.29. The van der Waals surface area contributed by atoms with Crippen LogP contribution in [-0.4, -0.2) is 31.4 Å². The van der Waals surface area contributed by atoms with Gasteiger partial charge in [-0.1, -0.05) is 35.5 Å². The largest absolute Gasteiger partial charge is 0.369 e. The Morgan fingerprint density at radius 1 is 1.19 bits per heavy atom. The molecule has 2 aromatic rings. The Hall–Kier alpha value is -2.02. The van der Waals surface area contributed by atoms with E-state index in [9.17, 15) is 9.59 Å². The molecule has 1 aliphatic heterocycles. The van der Waals surface area contributed by atoms with Crippen LogP contribution in [0.1, 0.15) is 12.8 Å². The number of piperidine rings is 1. The van der Waals surface area contributed by atoms with Crippen molar-refractivity contribution in [1.82, 2.24) is 0 Å². The van der Waals surface area contributed by atoms with Crippen LogP contribution in [0.25, 0.3) is 0 Å². The van der Waals surface area contributed by atoms with E-state index in [-0.39, 0.29) is 17.7 Å². The number of primary amides is 1. The van der Waals surface area contributed by atoms with Crippen LogP contribution in [0.15, 0.2) is 58.3 Å². The highest BCUT2D eigenvalue weighted by Gasteiger charge is 2.28. The molecule has 1 unspecified atom stereocenters. The number of benzene rings is 2. The van der Waals surface area contributed by atoms with E-state index in [4.69, 9.17) is 17.3 Å². The van der Waals surface area contributed by atoms with E-state index in [2.05, 4.69) is 5.32 Å². The second kappa shape index (κ2) is 9.26. The van der Waals surface area contributed by atoms with Gasteiger partial charge in [-0.25, -0.2) is 0 Å². The minimum Gasteiger partial charge on any atom is -0.369 e. The number of anilines is 1. The number of likely N-dealkylation sites (tertiary alicyclic amines) is 1. The Morgan fingerprint density at radius 3 is 2.67 bits per heavy atom. The van der Waals surface area contributed by atoms with Crippen LogP contribution < -0.4 is 16.0 Å². The lowest BCUT2D eigenvalue weighted by atomic mass is 9.97. The second-order valence-corrected chi connectivity index (χ2v) is 8.27. The lowest BCUT2D eigenvalue weighted by Crippen LogP contribution is -3.14. The first-order valence-electron chi connectivity index (χ1n) is 8.96. The number of halogens is 1. The number of nitrogens with two attached hydrogens (primary N) is 1. The second-order valence-electron chi connectivity index (χ2n) is 6.72. The third kappa shape index (κ3) is 5.73. The zero-order valence-electron chi connectivity index (χ0n) is 14.9. The van der Waals surface area contributed by atoms with Crippen molar-refractivity contribution in [2.45, 2.75) is 22.6 Å². The van der Waals surface area contributed by atoms with Crippen molar-refractivity contribution in [2.75, 3.05) is 25.0 Å². The molecule has 0 saturated carbocycles. The van der Waals surface area contributed by atoms with Crippen LogP contribution in [0.5, 0.6) is 0 Å². The average molecular weight is 405 g/mol. The lowest BCUT2D eigenvalue weighted by Gasteiger charge is -2.27. The predicted octanol–water partition coefficient (Wildman–Crippen LogP) is 2.21. The Morgan fingerprint density at radius 2 is 1.93 bits per heavy atom. The zero-order chi connectivity index (χ0) is 19.2. The molecule has 4 N–H and O–H groups in total.